The molecule has 9 nitrogen and oxygen atoms in total. The van der Waals surface area contributed by atoms with Crippen molar-refractivity contribution in [3.8, 4) is 0 Å². The summed E-state index contributed by atoms with van der Waals surface area (Å²) in [6.45, 7) is 7.21. The quantitative estimate of drug-likeness (QED) is 0.607. The normalized spacial score (nSPS) is 15.7. The van der Waals surface area contributed by atoms with Crippen LogP contribution in [0.15, 0.2) is 41.6 Å². The number of nitrogens with two attached hydrogens (primary N) is 1. The first kappa shape index (κ1) is 20.7. The zero-order valence-corrected chi connectivity index (χ0v) is 17.9. The summed E-state index contributed by atoms with van der Waals surface area (Å²) < 4.78 is 25.7. The van der Waals surface area contributed by atoms with E-state index in [1.165, 1.54) is 0 Å². The van der Waals surface area contributed by atoms with Crippen molar-refractivity contribution in [3.63, 3.8) is 0 Å². The minimum Gasteiger partial charge on any atom is -0.338 e. The van der Waals surface area contributed by atoms with E-state index in [4.69, 9.17) is 10.1 Å². The third-order valence-corrected chi connectivity index (χ3v) is 6.35. The molecule has 0 bridgehead atoms. The van der Waals surface area contributed by atoms with Crippen LogP contribution in [0.2, 0.25) is 0 Å². The molecule has 0 aliphatic carbocycles. The number of nitrogens with zero attached hydrogens (tertiary/aromatic N) is 6. The first-order valence-corrected chi connectivity index (χ1v) is 11.8. The highest BCUT2D eigenvalue weighted by molar-refractivity contribution is 7.89. The van der Waals surface area contributed by atoms with Gasteiger partial charge in [0.05, 0.1) is 22.5 Å². The molecule has 1 fully saturated rings. The number of hydrogen-bond donors (Lipinski definition) is 1. The van der Waals surface area contributed by atoms with Gasteiger partial charge in [-0.25, -0.2) is 28.5 Å². The summed E-state index contributed by atoms with van der Waals surface area (Å²) in [5.74, 6) is 1.72. The lowest BCUT2D eigenvalue weighted by atomic mass is 10.3. The molecule has 0 saturated carbocycles. The topological polar surface area (TPSA) is 110 Å². The van der Waals surface area contributed by atoms with Gasteiger partial charge in [0.1, 0.15) is 5.82 Å². The molecule has 0 atom stereocenters. The van der Waals surface area contributed by atoms with E-state index < -0.39 is 10.0 Å². The molecule has 1 aliphatic rings. The maximum atomic E-state index is 11.7. The Hall–Kier alpha value is -2.56. The van der Waals surface area contributed by atoms with Crippen LogP contribution in [0.5, 0.6) is 0 Å². The SMILES string of the molecule is CCCCn1c(CN2CCN(c3ncccn3)CC2)nc2cc(S(N)(=O)=O)ccc21. The number of unbranched alkanes of at least 4 members (excludes halogenated alkanes) is 1. The molecule has 1 aliphatic heterocycles. The van der Waals surface area contributed by atoms with Crippen molar-refractivity contribution < 1.29 is 8.42 Å². The fourth-order valence-corrected chi connectivity index (χ4v) is 4.32. The number of anilines is 1. The molecular formula is C20H27N7O2S. The Kier molecular flexibility index (Phi) is 5.98. The summed E-state index contributed by atoms with van der Waals surface area (Å²) in [7, 11) is -3.75. The molecule has 30 heavy (non-hydrogen) atoms. The third kappa shape index (κ3) is 4.45. The van der Waals surface area contributed by atoms with Crippen LogP contribution in [-0.4, -0.2) is 59.0 Å². The Morgan fingerprint density at radius 3 is 2.50 bits per heavy atom. The summed E-state index contributed by atoms with van der Waals surface area (Å²) in [5, 5.41) is 5.30. The highest BCUT2D eigenvalue weighted by atomic mass is 32.2. The van der Waals surface area contributed by atoms with E-state index in [0.717, 1.165) is 62.9 Å². The van der Waals surface area contributed by atoms with Crippen molar-refractivity contribution in [2.75, 3.05) is 31.1 Å². The van der Waals surface area contributed by atoms with Crippen molar-refractivity contribution in [2.45, 2.75) is 37.8 Å². The van der Waals surface area contributed by atoms with E-state index in [2.05, 4.69) is 31.3 Å². The van der Waals surface area contributed by atoms with Crippen LogP contribution in [-0.2, 0) is 23.1 Å². The first-order chi connectivity index (χ1) is 14.5. The Balaban J connectivity index is 1.54. The van der Waals surface area contributed by atoms with Crippen LogP contribution in [0.4, 0.5) is 5.95 Å². The number of rotatable bonds is 7. The molecule has 2 aromatic heterocycles. The zero-order chi connectivity index (χ0) is 21.1. The van der Waals surface area contributed by atoms with Gasteiger partial charge in [-0.15, -0.1) is 0 Å². The summed E-state index contributed by atoms with van der Waals surface area (Å²) in [6.07, 6.45) is 5.64. The fraction of sp³-hybridized carbons (Fsp3) is 0.450. The van der Waals surface area contributed by atoms with Crippen LogP contribution in [0.3, 0.4) is 0 Å². The molecule has 0 unspecified atom stereocenters. The highest BCUT2D eigenvalue weighted by Crippen LogP contribution is 2.22. The number of imidazole rings is 1. The lowest BCUT2D eigenvalue weighted by Crippen LogP contribution is -2.46. The summed E-state index contributed by atoms with van der Waals surface area (Å²) in [4.78, 5) is 18.1. The molecule has 10 heteroatoms. The zero-order valence-electron chi connectivity index (χ0n) is 17.1. The van der Waals surface area contributed by atoms with E-state index in [0.29, 0.717) is 12.1 Å². The number of benzene rings is 1. The standard InChI is InChI=1S/C20H27N7O2S/c1-2-3-9-27-18-6-5-16(30(21,28)29)14-17(18)24-19(27)15-25-10-12-26(13-11-25)20-22-7-4-8-23-20/h4-8,14H,2-3,9-13,15H2,1H3,(H2,21,28,29). The molecule has 0 radical (unpaired) electrons. The minimum atomic E-state index is -3.75. The predicted molar refractivity (Wildman–Crippen MR) is 116 cm³/mol. The van der Waals surface area contributed by atoms with Gasteiger partial charge in [-0.2, -0.15) is 0 Å². The molecule has 2 N–H and O–H groups in total. The molecule has 3 heterocycles. The van der Waals surface area contributed by atoms with Gasteiger partial charge in [-0.3, -0.25) is 4.90 Å². The van der Waals surface area contributed by atoms with E-state index in [-0.39, 0.29) is 4.90 Å². The number of hydrogen-bond acceptors (Lipinski definition) is 7. The maximum absolute atomic E-state index is 11.7. The second-order valence-electron chi connectivity index (χ2n) is 7.54. The lowest BCUT2D eigenvalue weighted by molar-refractivity contribution is 0.240. The smallest absolute Gasteiger partial charge is 0.238 e. The summed E-state index contributed by atoms with van der Waals surface area (Å²) in [5.41, 5.74) is 1.62. The molecule has 4 rings (SSSR count). The number of primary sulfonamides is 1. The molecule has 0 spiro atoms. The van der Waals surface area contributed by atoms with Crippen LogP contribution >= 0.6 is 0 Å². The van der Waals surface area contributed by atoms with Crippen LogP contribution in [0.25, 0.3) is 11.0 Å². The van der Waals surface area contributed by atoms with E-state index >= 15 is 0 Å². The Morgan fingerprint density at radius 2 is 1.83 bits per heavy atom. The summed E-state index contributed by atoms with van der Waals surface area (Å²) >= 11 is 0. The molecule has 0 amide bonds. The average Bonchev–Trinajstić information content (AvgIpc) is 3.09. The molecule has 1 aromatic carbocycles. The molecular weight excluding hydrogens is 402 g/mol. The first-order valence-electron chi connectivity index (χ1n) is 10.2. The third-order valence-electron chi connectivity index (χ3n) is 5.43. The highest BCUT2D eigenvalue weighted by Gasteiger charge is 2.21. The minimum absolute atomic E-state index is 0.0955. The van der Waals surface area contributed by atoms with Gasteiger partial charge in [-0.1, -0.05) is 13.3 Å². The molecule has 160 valence electrons. The monoisotopic (exact) mass is 429 g/mol. The van der Waals surface area contributed by atoms with Crippen molar-refractivity contribution in [2.24, 2.45) is 5.14 Å². The second kappa shape index (κ2) is 8.66. The summed E-state index contributed by atoms with van der Waals surface area (Å²) in [6, 6.07) is 6.76. The number of fused-ring (bicyclic) bond motifs is 1. The van der Waals surface area contributed by atoms with Crippen molar-refractivity contribution in [3.05, 3.63) is 42.5 Å². The Bertz CT molecular complexity index is 1110. The van der Waals surface area contributed by atoms with E-state index in [1.807, 2.05) is 12.1 Å². The van der Waals surface area contributed by atoms with Gasteiger partial charge in [0.25, 0.3) is 0 Å². The largest absolute Gasteiger partial charge is 0.338 e. The number of aromatic nitrogens is 4. The van der Waals surface area contributed by atoms with Crippen molar-refractivity contribution in [1.29, 1.82) is 0 Å². The van der Waals surface area contributed by atoms with Crippen LogP contribution in [0.1, 0.15) is 25.6 Å². The average molecular weight is 430 g/mol. The van der Waals surface area contributed by atoms with Gasteiger partial charge in [0.2, 0.25) is 16.0 Å². The van der Waals surface area contributed by atoms with Crippen molar-refractivity contribution >= 4 is 27.0 Å². The fourth-order valence-electron chi connectivity index (χ4n) is 3.78. The van der Waals surface area contributed by atoms with Crippen LogP contribution < -0.4 is 10.0 Å². The second-order valence-corrected chi connectivity index (χ2v) is 9.10. The predicted octanol–water partition coefficient (Wildman–Crippen LogP) is 1.60. The van der Waals surface area contributed by atoms with Gasteiger partial charge >= 0.3 is 0 Å². The Labute approximate surface area is 176 Å². The lowest BCUT2D eigenvalue weighted by Gasteiger charge is -2.34. The number of sulfonamides is 1. The Morgan fingerprint density at radius 1 is 1.10 bits per heavy atom. The maximum Gasteiger partial charge on any atom is 0.238 e. The van der Waals surface area contributed by atoms with Gasteiger partial charge in [0.15, 0.2) is 0 Å². The van der Waals surface area contributed by atoms with E-state index in [1.54, 1.807) is 24.5 Å². The number of aryl methyl sites for hydroxylation is 1. The number of piperazine rings is 1. The van der Waals surface area contributed by atoms with Gasteiger partial charge in [-0.05, 0) is 30.7 Å². The van der Waals surface area contributed by atoms with Crippen molar-refractivity contribution in [1.82, 2.24) is 24.4 Å². The molecule has 1 saturated heterocycles. The van der Waals surface area contributed by atoms with Crippen LogP contribution in [0, 0.1) is 0 Å². The van der Waals surface area contributed by atoms with Gasteiger partial charge in [0, 0.05) is 45.1 Å². The molecule has 3 aromatic rings. The van der Waals surface area contributed by atoms with Gasteiger partial charge < -0.3 is 9.47 Å². The van der Waals surface area contributed by atoms with E-state index in [9.17, 15) is 8.42 Å².